The molecule has 0 atom stereocenters. The molecule has 0 bridgehead atoms. The molecule has 2 rings (SSSR count). The number of carbonyl (C=O) groups excluding carboxylic acids is 1. The molecule has 0 unspecified atom stereocenters. The van der Waals surface area contributed by atoms with E-state index in [-0.39, 0.29) is 11.3 Å². The number of anilines is 1. The first-order chi connectivity index (χ1) is 10.1. The van der Waals surface area contributed by atoms with Crippen LogP contribution in [0.2, 0.25) is 0 Å². The Morgan fingerprint density at radius 2 is 1.95 bits per heavy atom. The van der Waals surface area contributed by atoms with E-state index < -0.39 is 11.7 Å². The molecule has 0 aliphatic heterocycles. The normalized spacial score (nSPS) is 10.4. The zero-order valence-electron chi connectivity index (χ0n) is 11.7. The van der Waals surface area contributed by atoms with E-state index in [0.29, 0.717) is 13.2 Å². The van der Waals surface area contributed by atoms with Gasteiger partial charge in [0.05, 0.1) is 12.2 Å². The minimum absolute atomic E-state index is 0.138. The van der Waals surface area contributed by atoms with Crippen molar-refractivity contribution in [3.05, 3.63) is 65.0 Å². The number of nitrogens with two attached hydrogens (primary N) is 1. The second kappa shape index (κ2) is 6.85. The quantitative estimate of drug-likeness (QED) is 0.831. The molecular formula is C16H17FN2O2. The van der Waals surface area contributed by atoms with Gasteiger partial charge in [0.25, 0.3) is 5.91 Å². The number of benzene rings is 2. The van der Waals surface area contributed by atoms with Gasteiger partial charge in [0, 0.05) is 19.3 Å². The van der Waals surface area contributed by atoms with Crippen LogP contribution in [-0.4, -0.2) is 13.0 Å². The lowest BCUT2D eigenvalue weighted by Crippen LogP contribution is -2.24. The first-order valence-corrected chi connectivity index (χ1v) is 6.50. The van der Waals surface area contributed by atoms with Crippen LogP contribution < -0.4 is 11.1 Å². The van der Waals surface area contributed by atoms with Gasteiger partial charge < -0.3 is 15.8 Å². The fraction of sp³-hybridized carbons (Fsp3) is 0.188. The first kappa shape index (κ1) is 15.0. The van der Waals surface area contributed by atoms with Gasteiger partial charge in [-0.15, -0.1) is 0 Å². The average molecular weight is 288 g/mol. The second-order valence-corrected chi connectivity index (χ2v) is 4.62. The van der Waals surface area contributed by atoms with E-state index in [1.54, 1.807) is 7.11 Å². The molecule has 0 aromatic heterocycles. The number of ether oxygens (including phenoxy) is 1. The summed E-state index contributed by atoms with van der Waals surface area (Å²) in [7, 11) is 1.61. The number of hydrogen-bond acceptors (Lipinski definition) is 3. The maximum Gasteiger partial charge on any atom is 0.253 e. The largest absolute Gasteiger partial charge is 0.398 e. The van der Waals surface area contributed by atoms with E-state index in [4.69, 9.17) is 10.5 Å². The number of rotatable bonds is 5. The van der Waals surface area contributed by atoms with Gasteiger partial charge in [-0.3, -0.25) is 4.79 Å². The zero-order valence-corrected chi connectivity index (χ0v) is 11.7. The standard InChI is InChI=1S/C16H17FN2O2/c1-21-10-12-5-3-2-4-11(12)9-19-16(20)14-8-13(17)6-7-15(14)18/h2-8H,9-10,18H2,1H3,(H,19,20). The van der Waals surface area contributed by atoms with Crippen LogP contribution in [0.15, 0.2) is 42.5 Å². The van der Waals surface area contributed by atoms with E-state index in [2.05, 4.69) is 5.32 Å². The molecule has 0 fully saturated rings. The fourth-order valence-electron chi connectivity index (χ4n) is 2.02. The van der Waals surface area contributed by atoms with Gasteiger partial charge in [-0.1, -0.05) is 24.3 Å². The smallest absolute Gasteiger partial charge is 0.253 e. The molecule has 0 saturated carbocycles. The van der Waals surface area contributed by atoms with Crippen molar-refractivity contribution >= 4 is 11.6 Å². The van der Waals surface area contributed by atoms with E-state index in [0.717, 1.165) is 17.2 Å². The summed E-state index contributed by atoms with van der Waals surface area (Å²) in [6.07, 6.45) is 0. The number of carbonyl (C=O) groups is 1. The molecule has 2 aromatic carbocycles. The highest BCUT2D eigenvalue weighted by Gasteiger charge is 2.11. The fourth-order valence-corrected chi connectivity index (χ4v) is 2.02. The van der Waals surface area contributed by atoms with Gasteiger partial charge in [-0.05, 0) is 29.3 Å². The number of nitrogens with one attached hydrogen (secondary N) is 1. The van der Waals surface area contributed by atoms with Crippen molar-refractivity contribution in [2.75, 3.05) is 12.8 Å². The van der Waals surface area contributed by atoms with Gasteiger partial charge >= 0.3 is 0 Å². The highest BCUT2D eigenvalue weighted by molar-refractivity contribution is 5.99. The van der Waals surface area contributed by atoms with Crippen molar-refractivity contribution in [2.45, 2.75) is 13.2 Å². The van der Waals surface area contributed by atoms with Gasteiger partial charge in [-0.2, -0.15) is 0 Å². The Kier molecular flexibility index (Phi) is 4.90. The molecule has 1 amide bonds. The number of methoxy groups -OCH3 is 1. The Hall–Kier alpha value is -2.40. The lowest BCUT2D eigenvalue weighted by Gasteiger charge is -2.11. The third-order valence-corrected chi connectivity index (χ3v) is 3.12. The molecule has 0 spiro atoms. The number of amides is 1. The molecule has 0 heterocycles. The van der Waals surface area contributed by atoms with Crippen molar-refractivity contribution in [2.24, 2.45) is 0 Å². The summed E-state index contributed by atoms with van der Waals surface area (Å²) >= 11 is 0. The summed E-state index contributed by atoms with van der Waals surface area (Å²) in [5, 5.41) is 2.74. The molecule has 21 heavy (non-hydrogen) atoms. The van der Waals surface area contributed by atoms with E-state index in [1.807, 2.05) is 24.3 Å². The van der Waals surface area contributed by atoms with Gasteiger partial charge in [-0.25, -0.2) is 4.39 Å². The Morgan fingerprint density at radius 3 is 2.67 bits per heavy atom. The molecule has 3 N–H and O–H groups in total. The van der Waals surface area contributed by atoms with Crippen LogP contribution in [0.5, 0.6) is 0 Å². The van der Waals surface area contributed by atoms with Gasteiger partial charge in [0.2, 0.25) is 0 Å². The molecule has 4 nitrogen and oxygen atoms in total. The summed E-state index contributed by atoms with van der Waals surface area (Å²) in [4.78, 5) is 12.1. The lowest BCUT2D eigenvalue weighted by molar-refractivity contribution is 0.0951. The number of halogens is 1. The molecular weight excluding hydrogens is 271 g/mol. The van der Waals surface area contributed by atoms with E-state index >= 15 is 0 Å². The number of nitrogen functional groups attached to an aromatic ring is 1. The average Bonchev–Trinajstić information content (AvgIpc) is 2.49. The van der Waals surface area contributed by atoms with E-state index in [9.17, 15) is 9.18 Å². The molecule has 5 heteroatoms. The predicted molar refractivity (Wildman–Crippen MR) is 79.1 cm³/mol. The highest BCUT2D eigenvalue weighted by atomic mass is 19.1. The Balaban J connectivity index is 2.09. The van der Waals surface area contributed by atoms with Gasteiger partial charge in [0.15, 0.2) is 0 Å². The Morgan fingerprint density at radius 1 is 1.24 bits per heavy atom. The van der Waals surface area contributed by atoms with Crippen LogP contribution in [0.4, 0.5) is 10.1 Å². The monoisotopic (exact) mass is 288 g/mol. The molecule has 0 radical (unpaired) electrons. The van der Waals surface area contributed by atoms with Crippen molar-refractivity contribution in [3.63, 3.8) is 0 Å². The summed E-state index contributed by atoms with van der Waals surface area (Å²) in [6, 6.07) is 11.4. The summed E-state index contributed by atoms with van der Waals surface area (Å²) < 4.78 is 18.3. The third-order valence-electron chi connectivity index (χ3n) is 3.12. The van der Waals surface area contributed by atoms with Gasteiger partial charge in [0.1, 0.15) is 5.82 Å². The SMILES string of the molecule is COCc1ccccc1CNC(=O)c1cc(F)ccc1N. The second-order valence-electron chi connectivity index (χ2n) is 4.62. The Bertz CT molecular complexity index is 644. The predicted octanol–water partition coefficient (Wildman–Crippen LogP) is 2.48. The van der Waals surface area contributed by atoms with Crippen LogP contribution in [0.1, 0.15) is 21.5 Å². The zero-order chi connectivity index (χ0) is 15.2. The van der Waals surface area contributed by atoms with Crippen LogP contribution in [0, 0.1) is 5.82 Å². The summed E-state index contributed by atoms with van der Waals surface area (Å²) in [6.45, 7) is 0.794. The molecule has 0 aliphatic carbocycles. The molecule has 2 aromatic rings. The number of hydrogen-bond donors (Lipinski definition) is 2. The minimum Gasteiger partial charge on any atom is -0.398 e. The summed E-state index contributed by atoms with van der Waals surface area (Å²) in [5.74, 6) is -0.895. The first-order valence-electron chi connectivity index (χ1n) is 6.50. The van der Waals surface area contributed by atoms with Crippen molar-refractivity contribution in [3.8, 4) is 0 Å². The topological polar surface area (TPSA) is 64.3 Å². The van der Waals surface area contributed by atoms with Crippen LogP contribution in [-0.2, 0) is 17.9 Å². The minimum atomic E-state index is -0.492. The Labute approximate surface area is 122 Å². The lowest BCUT2D eigenvalue weighted by atomic mass is 10.1. The molecule has 0 saturated heterocycles. The van der Waals surface area contributed by atoms with Crippen molar-refractivity contribution in [1.29, 1.82) is 0 Å². The molecule has 0 aliphatic rings. The maximum absolute atomic E-state index is 13.2. The molecule has 110 valence electrons. The van der Waals surface area contributed by atoms with Crippen LogP contribution in [0.25, 0.3) is 0 Å². The van der Waals surface area contributed by atoms with Crippen molar-refractivity contribution in [1.82, 2.24) is 5.32 Å². The van der Waals surface area contributed by atoms with Crippen LogP contribution >= 0.6 is 0 Å². The maximum atomic E-state index is 13.2. The summed E-state index contributed by atoms with van der Waals surface area (Å²) in [5.41, 5.74) is 8.02. The highest BCUT2D eigenvalue weighted by Crippen LogP contribution is 2.14. The van der Waals surface area contributed by atoms with Crippen LogP contribution in [0.3, 0.4) is 0 Å². The third kappa shape index (κ3) is 3.79. The van der Waals surface area contributed by atoms with Crippen molar-refractivity contribution < 1.29 is 13.9 Å². The van der Waals surface area contributed by atoms with E-state index in [1.165, 1.54) is 12.1 Å².